The maximum atomic E-state index is 12.1. The molecule has 0 spiro atoms. The predicted molar refractivity (Wildman–Crippen MR) is 51.6 cm³/mol. The van der Waals surface area contributed by atoms with E-state index in [1.165, 1.54) is 4.90 Å². The van der Waals surface area contributed by atoms with E-state index >= 15 is 0 Å². The molecule has 7 heteroatoms. The third-order valence-electron chi connectivity index (χ3n) is 2.44. The van der Waals surface area contributed by atoms with Crippen LogP contribution in [0.4, 0.5) is 12.9 Å². The lowest BCUT2D eigenvalue weighted by molar-refractivity contribution is -0.00618. The first kappa shape index (κ1) is 12.8. The van der Waals surface area contributed by atoms with Crippen LogP contribution in [-0.4, -0.2) is 55.8 Å². The van der Waals surface area contributed by atoms with Crippen LogP contribution in [-0.2, 0) is 4.74 Å². The first-order chi connectivity index (χ1) is 7.01. The van der Waals surface area contributed by atoms with Crippen molar-refractivity contribution in [2.24, 2.45) is 0 Å². The van der Waals surface area contributed by atoms with Gasteiger partial charge in [0.1, 0.15) is 0 Å². The van der Waals surface area contributed by atoms with Gasteiger partial charge in [-0.15, -0.1) is 0 Å². The minimum Gasteiger partial charge on any atom is -0.448 e. The van der Waals surface area contributed by atoms with Gasteiger partial charge in [0, 0.05) is 0 Å². The Labute approximate surface area is 87.3 Å². The summed E-state index contributed by atoms with van der Waals surface area (Å²) in [5.41, 5.74) is 0. The lowest BCUT2D eigenvalue weighted by Crippen LogP contribution is -2.44. The van der Waals surface area contributed by atoms with Crippen molar-refractivity contribution in [3.8, 4) is 0 Å². The fourth-order valence-corrected chi connectivity index (χ4v) is 1.77. The minimum absolute atomic E-state index is 0.00846. The standard InChI is InChI=1S/C8H16BF3NO2/c10-9(11,12)7-13-3-1-8(2-4-13)15-6-5-14/h8,14H,1-7H2/q-1. The molecule has 1 N–H and O–H groups in total. The Hall–Kier alpha value is -0.265. The summed E-state index contributed by atoms with van der Waals surface area (Å²) in [6, 6.07) is 0. The average molecular weight is 226 g/mol. The molecular formula is C8H16BF3NO2-. The number of ether oxygens (including phenoxy) is 1. The second-order valence-corrected chi connectivity index (χ2v) is 3.80. The molecule has 1 aliphatic heterocycles. The molecule has 1 rings (SSSR count). The Morgan fingerprint density at radius 1 is 1.27 bits per heavy atom. The van der Waals surface area contributed by atoms with Crippen molar-refractivity contribution in [2.75, 3.05) is 32.7 Å². The smallest absolute Gasteiger partial charge is 0.448 e. The molecular weight excluding hydrogens is 210 g/mol. The summed E-state index contributed by atoms with van der Waals surface area (Å²) in [5.74, 6) is 0. The molecule has 0 aromatic rings. The van der Waals surface area contributed by atoms with Gasteiger partial charge < -0.3 is 27.7 Å². The van der Waals surface area contributed by atoms with Crippen LogP contribution in [0.5, 0.6) is 0 Å². The highest BCUT2D eigenvalue weighted by atomic mass is 19.4. The molecule has 0 aromatic carbocycles. The molecule has 15 heavy (non-hydrogen) atoms. The Morgan fingerprint density at radius 2 is 1.87 bits per heavy atom. The summed E-state index contributed by atoms with van der Waals surface area (Å²) in [6.07, 6.45) is 0.472. The second kappa shape index (κ2) is 5.72. The summed E-state index contributed by atoms with van der Waals surface area (Å²) >= 11 is 0. The number of aliphatic hydroxyl groups excluding tert-OH is 1. The third kappa shape index (κ3) is 5.39. The van der Waals surface area contributed by atoms with Crippen LogP contribution in [0.25, 0.3) is 0 Å². The number of hydrogen-bond donors (Lipinski definition) is 1. The van der Waals surface area contributed by atoms with Crippen LogP contribution in [0, 0.1) is 0 Å². The van der Waals surface area contributed by atoms with Crippen molar-refractivity contribution >= 4 is 6.98 Å². The highest BCUT2D eigenvalue weighted by Crippen LogP contribution is 2.17. The Balaban J connectivity index is 2.18. The van der Waals surface area contributed by atoms with Gasteiger partial charge in [0.05, 0.1) is 19.3 Å². The topological polar surface area (TPSA) is 32.7 Å². The molecule has 0 aliphatic carbocycles. The molecule has 90 valence electrons. The number of likely N-dealkylation sites (tertiary alicyclic amines) is 1. The maximum Gasteiger partial charge on any atom is 0.492 e. The van der Waals surface area contributed by atoms with Crippen molar-refractivity contribution in [1.82, 2.24) is 4.90 Å². The maximum absolute atomic E-state index is 12.1. The number of rotatable bonds is 5. The van der Waals surface area contributed by atoms with Gasteiger partial charge in [0.15, 0.2) is 0 Å². The predicted octanol–water partition coefficient (Wildman–Crippen LogP) is 0.846. The molecule has 1 heterocycles. The fraction of sp³-hybridized carbons (Fsp3) is 1.00. The molecule has 0 atom stereocenters. The van der Waals surface area contributed by atoms with Gasteiger partial charge >= 0.3 is 6.98 Å². The summed E-state index contributed by atoms with van der Waals surface area (Å²) in [6.45, 7) is -3.62. The van der Waals surface area contributed by atoms with Crippen LogP contribution in [0.2, 0.25) is 0 Å². The van der Waals surface area contributed by atoms with E-state index in [0.29, 0.717) is 25.9 Å². The molecule has 0 saturated carbocycles. The van der Waals surface area contributed by atoms with E-state index in [9.17, 15) is 12.9 Å². The van der Waals surface area contributed by atoms with E-state index in [1.807, 2.05) is 0 Å². The number of piperidine rings is 1. The molecule has 0 bridgehead atoms. The second-order valence-electron chi connectivity index (χ2n) is 3.80. The van der Waals surface area contributed by atoms with Crippen molar-refractivity contribution in [1.29, 1.82) is 0 Å². The quantitative estimate of drug-likeness (QED) is 0.705. The summed E-state index contributed by atoms with van der Waals surface area (Å²) in [4.78, 5) is 1.42. The van der Waals surface area contributed by atoms with Gasteiger partial charge in [-0.25, -0.2) is 0 Å². The zero-order valence-corrected chi connectivity index (χ0v) is 8.54. The summed E-state index contributed by atoms with van der Waals surface area (Å²) in [7, 11) is 0. The van der Waals surface area contributed by atoms with E-state index in [1.54, 1.807) is 0 Å². The Kier molecular flexibility index (Phi) is 4.88. The molecule has 0 unspecified atom stereocenters. The van der Waals surface area contributed by atoms with E-state index in [4.69, 9.17) is 9.84 Å². The minimum atomic E-state index is -4.71. The molecule has 3 nitrogen and oxygen atoms in total. The average Bonchev–Trinajstić information content (AvgIpc) is 2.14. The normalized spacial score (nSPS) is 20.8. The number of nitrogens with zero attached hydrogens (tertiary/aromatic N) is 1. The van der Waals surface area contributed by atoms with Gasteiger partial charge in [0.25, 0.3) is 0 Å². The van der Waals surface area contributed by atoms with Crippen LogP contribution < -0.4 is 0 Å². The zero-order valence-electron chi connectivity index (χ0n) is 8.54. The van der Waals surface area contributed by atoms with Gasteiger partial charge in [-0.3, -0.25) is 0 Å². The highest BCUT2D eigenvalue weighted by Gasteiger charge is 2.29. The lowest BCUT2D eigenvalue weighted by atomic mass is 9.90. The van der Waals surface area contributed by atoms with Crippen LogP contribution in [0.1, 0.15) is 12.8 Å². The number of aliphatic hydroxyl groups is 1. The third-order valence-corrected chi connectivity index (χ3v) is 2.44. The van der Waals surface area contributed by atoms with Crippen LogP contribution in [0.3, 0.4) is 0 Å². The van der Waals surface area contributed by atoms with E-state index in [2.05, 4.69) is 0 Å². The van der Waals surface area contributed by atoms with E-state index in [0.717, 1.165) is 0 Å². The molecule has 0 aromatic heterocycles. The lowest BCUT2D eigenvalue weighted by Gasteiger charge is -2.34. The van der Waals surface area contributed by atoms with Crippen molar-refractivity contribution in [3.05, 3.63) is 0 Å². The fourth-order valence-electron chi connectivity index (χ4n) is 1.77. The summed E-state index contributed by atoms with van der Waals surface area (Å²) in [5, 5.41) is 8.52. The van der Waals surface area contributed by atoms with Crippen molar-refractivity contribution in [2.45, 2.75) is 18.9 Å². The summed E-state index contributed by atoms with van der Waals surface area (Å²) < 4.78 is 41.5. The number of halogens is 3. The van der Waals surface area contributed by atoms with E-state index in [-0.39, 0.29) is 19.3 Å². The zero-order chi connectivity index (χ0) is 11.3. The van der Waals surface area contributed by atoms with Crippen LogP contribution in [0.15, 0.2) is 0 Å². The van der Waals surface area contributed by atoms with Gasteiger partial charge in [-0.2, -0.15) is 0 Å². The van der Waals surface area contributed by atoms with Gasteiger partial charge in [0.2, 0.25) is 0 Å². The molecule has 1 aliphatic rings. The van der Waals surface area contributed by atoms with Gasteiger partial charge in [-0.1, -0.05) is 0 Å². The monoisotopic (exact) mass is 226 g/mol. The first-order valence-corrected chi connectivity index (χ1v) is 5.17. The molecule has 1 saturated heterocycles. The first-order valence-electron chi connectivity index (χ1n) is 5.17. The Bertz CT molecular complexity index is 183. The van der Waals surface area contributed by atoms with Crippen molar-refractivity contribution < 1.29 is 22.8 Å². The van der Waals surface area contributed by atoms with Gasteiger partial charge in [-0.05, 0) is 32.4 Å². The van der Waals surface area contributed by atoms with Crippen molar-refractivity contribution in [3.63, 3.8) is 0 Å². The highest BCUT2D eigenvalue weighted by molar-refractivity contribution is 6.58. The molecule has 1 fully saturated rings. The Morgan fingerprint density at radius 3 is 2.33 bits per heavy atom. The largest absolute Gasteiger partial charge is 0.492 e. The van der Waals surface area contributed by atoms with E-state index < -0.39 is 13.4 Å². The number of hydrogen-bond acceptors (Lipinski definition) is 3. The van der Waals surface area contributed by atoms with Crippen LogP contribution >= 0.6 is 0 Å². The SMILES string of the molecule is OCCOC1CCN(C[B-](F)(F)F)CC1. The molecule has 0 amide bonds. The molecule has 0 radical (unpaired) electrons.